The minimum atomic E-state index is 0.321. The molecule has 1 aliphatic rings. The first-order chi connectivity index (χ1) is 11.8. The lowest BCUT2D eigenvalue weighted by Gasteiger charge is -2.28. The van der Waals surface area contributed by atoms with E-state index in [0.717, 1.165) is 16.9 Å². The summed E-state index contributed by atoms with van der Waals surface area (Å²) >= 11 is 0. The monoisotopic (exact) mass is 320 g/mol. The number of rotatable bonds is 4. The molecule has 1 fully saturated rings. The van der Waals surface area contributed by atoms with Crippen LogP contribution in [0, 0.1) is 5.92 Å². The number of imidazole rings is 1. The van der Waals surface area contributed by atoms with Gasteiger partial charge in [0.2, 0.25) is 0 Å². The van der Waals surface area contributed by atoms with Crippen molar-refractivity contribution in [3.8, 4) is 11.1 Å². The Kier molecular flexibility index (Phi) is 4.30. The summed E-state index contributed by atoms with van der Waals surface area (Å²) < 4.78 is 0. The second kappa shape index (κ2) is 6.73. The van der Waals surface area contributed by atoms with Crippen LogP contribution in [-0.4, -0.2) is 22.0 Å². The summed E-state index contributed by atoms with van der Waals surface area (Å²) in [4.78, 5) is 12.5. The molecule has 0 radical (unpaired) electrons. The molecule has 3 aromatic rings. The molecule has 2 heterocycles. The fourth-order valence-electron chi connectivity index (χ4n) is 3.96. The molecule has 0 aliphatic heterocycles. The number of hydrogen-bond donors (Lipinski definition) is 2. The number of aromatic amines is 1. The Labute approximate surface area is 142 Å². The molecule has 124 valence electrons. The first-order valence-corrected chi connectivity index (χ1v) is 8.92. The zero-order valence-corrected chi connectivity index (χ0v) is 14.1. The predicted molar refractivity (Wildman–Crippen MR) is 97.7 cm³/mol. The average Bonchev–Trinajstić information content (AvgIpc) is 3.06. The van der Waals surface area contributed by atoms with Gasteiger partial charge in [0.05, 0.1) is 17.1 Å². The Morgan fingerprint density at radius 1 is 1.04 bits per heavy atom. The van der Waals surface area contributed by atoms with Crippen LogP contribution in [0.15, 0.2) is 42.7 Å². The Morgan fingerprint density at radius 3 is 2.58 bits per heavy atom. The fraction of sp³-hybridized carbons (Fsp3) is 0.400. The second-order valence-electron chi connectivity index (χ2n) is 6.75. The van der Waals surface area contributed by atoms with Crippen LogP contribution in [0.1, 0.15) is 44.0 Å². The number of hydrogen-bond acceptors (Lipinski definition) is 3. The van der Waals surface area contributed by atoms with Crippen LogP contribution < -0.4 is 5.32 Å². The highest BCUT2D eigenvalue weighted by Crippen LogP contribution is 2.34. The summed E-state index contributed by atoms with van der Waals surface area (Å²) in [5.74, 6) is 1.76. The minimum absolute atomic E-state index is 0.321. The van der Waals surface area contributed by atoms with Gasteiger partial charge in [0.15, 0.2) is 0 Å². The fourth-order valence-corrected chi connectivity index (χ4v) is 3.96. The first kappa shape index (κ1) is 15.3. The normalized spacial score (nSPS) is 17.2. The minimum Gasteiger partial charge on any atom is -0.341 e. The standard InChI is InChI=1S/C20H24N4/c1-21-19(15-5-3-2-4-6-15)20-23-17-8-7-16(13-18(17)24-20)14-9-11-22-12-10-14/h7-13,15,19,21H,2-6H2,1H3,(H,23,24)/t19-/m1/s1. The second-order valence-corrected chi connectivity index (χ2v) is 6.75. The molecule has 0 bridgehead atoms. The first-order valence-electron chi connectivity index (χ1n) is 8.92. The summed E-state index contributed by atoms with van der Waals surface area (Å²) in [5.41, 5.74) is 4.52. The molecular weight excluding hydrogens is 296 g/mol. The van der Waals surface area contributed by atoms with Gasteiger partial charge in [-0.2, -0.15) is 0 Å². The molecule has 1 aromatic carbocycles. The molecule has 0 unspecified atom stereocenters. The molecule has 1 saturated carbocycles. The van der Waals surface area contributed by atoms with E-state index in [0.29, 0.717) is 12.0 Å². The highest BCUT2D eigenvalue weighted by molar-refractivity contribution is 5.82. The SMILES string of the molecule is CN[C@@H](c1nc2ccc(-c3ccncc3)cc2[nH]1)C1CCCCC1. The van der Waals surface area contributed by atoms with Crippen molar-refractivity contribution in [1.82, 2.24) is 20.3 Å². The molecule has 2 N–H and O–H groups in total. The number of nitrogens with one attached hydrogen (secondary N) is 2. The van der Waals surface area contributed by atoms with Gasteiger partial charge in [-0.25, -0.2) is 4.98 Å². The van der Waals surface area contributed by atoms with Gasteiger partial charge >= 0.3 is 0 Å². The quantitative estimate of drug-likeness (QED) is 0.746. The van der Waals surface area contributed by atoms with Crippen LogP contribution in [0.25, 0.3) is 22.2 Å². The van der Waals surface area contributed by atoms with Gasteiger partial charge in [-0.05, 0) is 61.2 Å². The van der Waals surface area contributed by atoms with Crippen molar-refractivity contribution in [2.24, 2.45) is 5.92 Å². The molecule has 4 rings (SSSR count). The summed E-state index contributed by atoms with van der Waals surface area (Å²) in [5, 5.41) is 3.49. The maximum absolute atomic E-state index is 4.86. The Bertz CT molecular complexity index is 803. The average molecular weight is 320 g/mol. The zero-order valence-electron chi connectivity index (χ0n) is 14.1. The summed E-state index contributed by atoms with van der Waals surface area (Å²) in [7, 11) is 2.05. The molecular formula is C20H24N4. The maximum Gasteiger partial charge on any atom is 0.124 e. The molecule has 24 heavy (non-hydrogen) atoms. The molecule has 0 spiro atoms. The summed E-state index contributed by atoms with van der Waals surface area (Å²) in [6, 6.07) is 10.8. The van der Waals surface area contributed by atoms with Crippen molar-refractivity contribution in [3.05, 3.63) is 48.5 Å². The third-order valence-electron chi connectivity index (χ3n) is 5.24. The van der Waals surface area contributed by atoms with Gasteiger partial charge in [0, 0.05) is 12.4 Å². The Balaban J connectivity index is 1.67. The number of nitrogens with zero attached hydrogens (tertiary/aromatic N) is 2. The lowest BCUT2D eigenvalue weighted by molar-refractivity contribution is 0.275. The van der Waals surface area contributed by atoms with Gasteiger partial charge < -0.3 is 10.3 Å². The summed E-state index contributed by atoms with van der Waals surface area (Å²) in [6.45, 7) is 0. The largest absolute Gasteiger partial charge is 0.341 e. The van der Waals surface area contributed by atoms with Crippen LogP contribution >= 0.6 is 0 Å². The maximum atomic E-state index is 4.86. The van der Waals surface area contributed by atoms with Crippen molar-refractivity contribution < 1.29 is 0 Å². The van der Waals surface area contributed by atoms with Crippen LogP contribution in [0.3, 0.4) is 0 Å². The molecule has 2 aromatic heterocycles. The number of H-pyrrole nitrogens is 1. The van der Waals surface area contributed by atoms with Crippen LogP contribution in [0.2, 0.25) is 0 Å². The highest BCUT2D eigenvalue weighted by atomic mass is 15.0. The number of aromatic nitrogens is 3. The summed E-state index contributed by atoms with van der Waals surface area (Å²) in [6.07, 6.45) is 10.3. The van der Waals surface area contributed by atoms with Crippen LogP contribution in [0.5, 0.6) is 0 Å². The van der Waals surface area contributed by atoms with E-state index in [-0.39, 0.29) is 0 Å². The van der Waals surface area contributed by atoms with E-state index in [1.54, 1.807) is 0 Å². The van der Waals surface area contributed by atoms with E-state index in [1.807, 2.05) is 24.5 Å². The van der Waals surface area contributed by atoms with Gasteiger partial charge in [0.1, 0.15) is 5.82 Å². The molecule has 0 amide bonds. The van der Waals surface area contributed by atoms with E-state index >= 15 is 0 Å². The lowest BCUT2D eigenvalue weighted by Crippen LogP contribution is -2.27. The molecule has 4 heteroatoms. The van der Waals surface area contributed by atoms with Gasteiger partial charge in [-0.1, -0.05) is 25.3 Å². The van der Waals surface area contributed by atoms with E-state index < -0.39 is 0 Å². The molecule has 1 aliphatic carbocycles. The van der Waals surface area contributed by atoms with E-state index in [2.05, 4.69) is 40.5 Å². The molecule has 0 saturated heterocycles. The number of fused-ring (bicyclic) bond motifs is 1. The van der Waals surface area contributed by atoms with E-state index in [1.165, 1.54) is 43.2 Å². The Morgan fingerprint density at radius 2 is 1.83 bits per heavy atom. The smallest absolute Gasteiger partial charge is 0.124 e. The number of benzene rings is 1. The van der Waals surface area contributed by atoms with Gasteiger partial charge in [-0.15, -0.1) is 0 Å². The van der Waals surface area contributed by atoms with Crippen LogP contribution in [0.4, 0.5) is 0 Å². The van der Waals surface area contributed by atoms with Gasteiger partial charge in [-0.3, -0.25) is 4.98 Å². The van der Waals surface area contributed by atoms with Crippen LogP contribution in [-0.2, 0) is 0 Å². The lowest BCUT2D eigenvalue weighted by atomic mass is 9.83. The third kappa shape index (κ3) is 2.94. The molecule has 4 nitrogen and oxygen atoms in total. The topological polar surface area (TPSA) is 53.6 Å². The van der Waals surface area contributed by atoms with Crippen molar-refractivity contribution in [2.45, 2.75) is 38.1 Å². The zero-order chi connectivity index (χ0) is 16.4. The van der Waals surface area contributed by atoms with Gasteiger partial charge in [0.25, 0.3) is 0 Å². The van der Waals surface area contributed by atoms with Crippen molar-refractivity contribution in [3.63, 3.8) is 0 Å². The van der Waals surface area contributed by atoms with E-state index in [4.69, 9.17) is 4.98 Å². The van der Waals surface area contributed by atoms with E-state index in [9.17, 15) is 0 Å². The third-order valence-corrected chi connectivity index (χ3v) is 5.24. The van der Waals surface area contributed by atoms with Crippen molar-refractivity contribution in [1.29, 1.82) is 0 Å². The predicted octanol–water partition coefficient (Wildman–Crippen LogP) is 4.47. The highest BCUT2D eigenvalue weighted by Gasteiger charge is 2.26. The Hall–Kier alpha value is -2.20. The molecule has 1 atom stereocenters. The van der Waals surface area contributed by atoms with Crippen molar-refractivity contribution in [2.75, 3.05) is 7.05 Å². The number of pyridine rings is 1. The van der Waals surface area contributed by atoms with Crippen molar-refractivity contribution >= 4 is 11.0 Å².